The number of rotatable bonds is 6. The Labute approximate surface area is 193 Å². The third kappa shape index (κ3) is 4.46. The number of aromatic nitrogens is 3. The van der Waals surface area contributed by atoms with Crippen LogP contribution in [0.15, 0.2) is 59.0 Å². The highest BCUT2D eigenvalue weighted by atomic mass is 127. The van der Waals surface area contributed by atoms with Crippen molar-refractivity contribution in [3.63, 3.8) is 0 Å². The first-order valence-corrected chi connectivity index (χ1v) is 11.9. The fourth-order valence-electron chi connectivity index (χ4n) is 3.33. The summed E-state index contributed by atoms with van der Waals surface area (Å²) in [6, 6.07) is 12.2. The minimum absolute atomic E-state index is 0.123. The topological polar surface area (TPSA) is 51.0 Å². The summed E-state index contributed by atoms with van der Waals surface area (Å²) in [5.74, 6) is 0.697. The van der Waals surface area contributed by atoms with Crippen molar-refractivity contribution in [2.24, 2.45) is 13.0 Å². The lowest BCUT2D eigenvalue weighted by Gasteiger charge is -2.13. The Morgan fingerprint density at radius 3 is 2.69 bits per heavy atom. The molecular weight excluding hydrogens is 519 g/mol. The van der Waals surface area contributed by atoms with Gasteiger partial charge in [0.15, 0.2) is 0 Å². The Hall–Kier alpha value is -1.58. The predicted molar refractivity (Wildman–Crippen MR) is 125 cm³/mol. The first kappa shape index (κ1) is 20.7. The van der Waals surface area contributed by atoms with Crippen LogP contribution >= 0.6 is 46.0 Å². The van der Waals surface area contributed by atoms with E-state index in [2.05, 4.69) is 56.8 Å². The molecule has 0 radical (unpaired) electrons. The van der Waals surface area contributed by atoms with E-state index in [0.29, 0.717) is 10.9 Å². The van der Waals surface area contributed by atoms with E-state index in [-0.39, 0.29) is 11.8 Å². The highest BCUT2D eigenvalue weighted by Crippen LogP contribution is 2.48. The molecule has 2 atom stereocenters. The summed E-state index contributed by atoms with van der Waals surface area (Å²) in [6.45, 7) is 0. The van der Waals surface area contributed by atoms with Crippen molar-refractivity contribution >= 4 is 51.9 Å². The van der Waals surface area contributed by atoms with E-state index in [1.807, 2.05) is 37.1 Å². The highest BCUT2D eigenvalue weighted by molar-refractivity contribution is 14.1. The summed E-state index contributed by atoms with van der Waals surface area (Å²) in [7, 11) is 3.84. The fourth-order valence-corrected chi connectivity index (χ4v) is 4.67. The van der Waals surface area contributed by atoms with Gasteiger partial charge in [-0.2, -0.15) is 0 Å². The predicted octanol–water partition coefficient (Wildman–Crippen LogP) is 5.24. The van der Waals surface area contributed by atoms with Gasteiger partial charge in [0.1, 0.15) is 15.7 Å². The molecule has 1 unspecified atom stereocenters. The third-order valence-corrected chi connectivity index (χ3v) is 7.43. The number of benzene rings is 1. The molecule has 4 rings (SSSR count). The van der Waals surface area contributed by atoms with Gasteiger partial charge in [-0.15, -0.1) is 0 Å². The second-order valence-corrected chi connectivity index (χ2v) is 9.28. The lowest BCUT2D eigenvalue weighted by molar-refractivity contribution is -0.130. The van der Waals surface area contributed by atoms with E-state index in [9.17, 15) is 4.79 Å². The van der Waals surface area contributed by atoms with Crippen LogP contribution < -0.4 is 0 Å². The molecule has 1 aliphatic carbocycles. The number of imidazole rings is 1. The van der Waals surface area contributed by atoms with Crippen molar-refractivity contribution in [3.05, 3.63) is 59.5 Å². The standard InChI is InChI=1S/C21H20ClIN4OS/c1-26(11-23)20(28)17-9-16(17)13-3-5-14(6-4-13)19-21(27(2)12-25-19)29-18-8-7-15(22)10-24-18/h3-8,10,12,16-17H,9,11H2,1-2H3/t16?,17-/m0/s1. The smallest absolute Gasteiger partial charge is 0.226 e. The van der Waals surface area contributed by atoms with Crippen LogP contribution in [0, 0.1) is 5.92 Å². The molecule has 3 aromatic rings. The van der Waals surface area contributed by atoms with Crippen LogP contribution in [0.2, 0.25) is 5.02 Å². The lowest BCUT2D eigenvalue weighted by Crippen LogP contribution is -2.26. The number of nitrogens with zero attached hydrogens (tertiary/aromatic N) is 4. The van der Waals surface area contributed by atoms with Crippen LogP contribution in [0.5, 0.6) is 0 Å². The second-order valence-electron chi connectivity index (χ2n) is 7.15. The molecule has 0 saturated heterocycles. The van der Waals surface area contributed by atoms with Crippen LogP contribution in [-0.2, 0) is 11.8 Å². The van der Waals surface area contributed by atoms with Gasteiger partial charge in [0.2, 0.25) is 5.91 Å². The minimum atomic E-state index is 0.123. The van der Waals surface area contributed by atoms with Crippen LogP contribution in [0.3, 0.4) is 0 Å². The SMILES string of the molecule is CN(CI)C(=O)[C@H]1CC1c1ccc(-c2ncn(C)c2Sc2ccc(Cl)cn2)cc1. The van der Waals surface area contributed by atoms with Crippen LogP contribution in [-0.4, -0.2) is 36.9 Å². The fraction of sp³-hybridized carbons (Fsp3) is 0.286. The summed E-state index contributed by atoms with van der Waals surface area (Å²) >= 11 is 9.72. The number of carbonyl (C=O) groups excluding carboxylic acids is 1. The van der Waals surface area contributed by atoms with E-state index < -0.39 is 0 Å². The Kier molecular flexibility index (Phi) is 6.17. The molecule has 29 heavy (non-hydrogen) atoms. The number of hydrogen-bond acceptors (Lipinski definition) is 4. The van der Waals surface area contributed by atoms with Crippen LogP contribution in [0.25, 0.3) is 11.3 Å². The molecule has 1 saturated carbocycles. The maximum atomic E-state index is 12.3. The second kappa shape index (κ2) is 8.65. The Morgan fingerprint density at radius 2 is 2.03 bits per heavy atom. The number of amides is 1. The van der Waals surface area contributed by atoms with E-state index in [0.717, 1.165) is 32.3 Å². The number of aryl methyl sites for hydroxylation is 1. The molecule has 0 spiro atoms. The molecule has 1 amide bonds. The van der Waals surface area contributed by atoms with E-state index in [1.165, 1.54) is 5.56 Å². The normalized spacial score (nSPS) is 17.9. The summed E-state index contributed by atoms with van der Waals surface area (Å²) < 4.78 is 2.72. The van der Waals surface area contributed by atoms with Crippen molar-refractivity contribution in [1.82, 2.24) is 19.4 Å². The number of alkyl halides is 1. The van der Waals surface area contributed by atoms with Gasteiger partial charge >= 0.3 is 0 Å². The maximum Gasteiger partial charge on any atom is 0.226 e. The first-order valence-electron chi connectivity index (χ1n) is 9.20. The van der Waals surface area contributed by atoms with Crippen molar-refractivity contribution in [3.8, 4) is 11.3 Å². The van der Waals surface area contributed by atoms with Crippen molar-refractivity contribution in [1.29, 1.82) is 0 Å². The molecule has 1 aromatic carbocycles. The van der Waals surface area contributed by atoms with Gasteiger partial charge < -0.3 is 9.47 Å². The summed E-state index contributed by atoms with van der Waals surface area (Å²) in [5, 5.41) is 2.52. The maximum absolute atomic E-state index is 12.3. The molecule has 2 aromatic heterocycles. The Bertz CT molecular complexity index is 1020. The summed E-state index contributed by atoms with van der Waals surface area (Å²) in [5.41, 5.74) is 3.20. The lowest BCUT2D eigenvalue weighted by atomic mass is 10.0. The van der Waals surface area contributed by atoms with Crippen molar-refractivity contribution < 1.29 is 4.79 Å². The molecular formula is C21H20ClIN4OS. The number of halogens is 2. The van der Waals surface area contributed by atoms with Gasteiger partial charge in [0.05, 0.1) is 15.9 Å². The van der Waals surface area contributed by atoms with Crippen LogP contribution in [0.1, 0.15) is 17.9 Å². The Balaban J connectivity index is 1.52. The van der Waals surface area contributed by atoms with Gasteiger partial charge in [-0.25, -0.2) is 9.97 Å². The molecule has 150 valence electrons. The van der Waals surface area contributed by atoms with E-state index in [4.69, 9.17) is 11.6 Å². The zero-order chi connectivity index (χ0) is 20.5. The molecule has 5 nitrogen and oxygen atoms in total. The van der Waals surface area contributed by atoms with E-state index in [1.54, 1.807) is 22.9 Å². The van der Waals surface area contributed by atoms with E-state index >= 15 is 0 Å². The third-order valence-electron chi connectivity index (χ3n) is 5.06. The average molecular weight is 539 g/mol. The molecule has 1 aliphatic rings. The zero-order valence-corrected chi connectivity index (χ0v) is 19.8. The molecule has 1 fully saturated rings. The van der Waals surface area contributed by atoms with Gasteiger partial charge in [0, 0.05) is 31.8 Å². The molecule has 0 aliphatic heterocycles. The molecule has 0 bridgehead atoms. The summed E-state index contributed by atoms with van der Waals surface area (Å²) in [4.78, 5) is 23.1. The highest BCUT2D eigenvalue weighted by Gasteiger charge is 2.44. The van der Waals surface area contributed by atoms with Crippen molar-refractivity contribution in [2.75, 3.05) is 11.6 Å². The minimum Gasteiger partial charge on any atom is -0.336 e. The van der Waals surface area contributed by atoms with Crippen molar-refractivity contribution in [2.45, 2.75) is 22.4 Å². The van der Waals surface area contributed by atoms with Gasteiger partial charge in [-0.05, 0) is 41.8 Å². The number of hydrogen-bond donors (Lipinski definition) is 0. The monoisotopic (exact) mass is 538 g/mol. The quantitative estimate of drug-likeness (QED) is 0.245. The molecule has 0 N–H and O–H groups in total. The Morgan fingerprint density at radius 1 is 1.28 bits per heavy atom. The zero-order valence-electron chi connectivity index (χ0n) is 16.0. The number of carbonyl (C=O) groups is 1. The first-order chi connectivity index (χ1) is 14.0. The van der Waals surface area contributed by atoms with Crippen LogP contribution in [0.4, 0.5) is 0 Å². The number of pyridine rings is 1. The van der Waals surface area contributed by atoms with Gasteiger partial charge in [-0.1, -0.05) is 58.5 Å². The molecule has 8 heteroatoms. The van der Waals surface area contributed by atoms with Gasteiger partial charge in [-0.3, -0.25) is 4.79 Å². The molecule has 2 heterocycles. The average Bonchev–Trinajstić information content (AvgIpc) is 3.46. The largest absolute Gasteiger partial charge is 0.336 e. The summed E-state index contributed by atoms with van der Waals surface area (Å²) in [6.07, 6.45) is 4.40. The van der Waals surface area contributed by atoms with Gasteiger partial charge in [0.25, 0.3) is 0 Å².